The van der Waals surface area contributed by atoms with Crippen molar-refractivity contribution in [1.82, 2.24) is 30.1 Å². The molecule has 8 nitrogen and oxygen atoms in total. The lowest BCUT2D eigenvalue weighted by Gasteiger charge is -2.05. The van der Waals surface area contributed by atoms with Gasteiger partial charge in [-0.3, -0.25) is 9.89 Å². The van der Waals surface area contributed by atoms with Gasteiger partial charge in [-0.05, 0) is 86.2 Å². The molecule has 57 heavy (non-hydrogen) atoms. The molecule has 0 saturated heterocycles. The van der Waals surface area contributed by atoms with Gasteiger partial charge in [0, 0.05) is 12.6 Å². The predicted molar refractivity (Wildman–Crippen MR) is 180 cm³/mol. The number of H-pyrrole nitrogens is 1. The van der Waals surface area contributed by atoms with Crippen LogP contribution in [-0.4, -0.2) is 47.1 Å². The largest absolute Gasteiger partial charge is 0.433 e. The van der Waals surface area contributed by atoms with Gasteiger partial charge in [-0.15, -0.1) is 0 Å². The average Bonchev–Trinajstić information content (AvgIpc) is 3.56. The smallest absolute Gasteiger partial charge is 0.381 e. The van der Waals surface area contributed by atoms with Gasteiger partial charge in [-0.25, -0.2) is 19.9 Å². The Bertz CT molecular complexity index is 2230. The van der Waals surface area contributed by atoms with Crippen molar-refractivity contribution in [1.29, 1.82) is 0 Å². The molecule has 0 aromatic carbocycles. The number of aromatic nitrogens is 6. The Kier molecular flexibility index (Phi) is 16.8. The molecule has 0 spiro atoms. The maximum Gasteiger partial charge on any atom is 0.433 e. The van der Waals surface area contributed by atoms with Crippen LogP contribution in [0, 0.1) is 30.6 Å². The lowest BCUT2D eigenvalue weighted by atomic mass is 10.2. The Hall–Kier alpha value is -5.99. The Morgan fingerprint density at radius 2 is 1.07 bits per heavy atom. The SMILES string of the molecule is CC(=O)C#Cc1cccc(C(F)(F)F)n1.CC(O)C#Cc1cccc(C(F)(F)F)n1.Cc1cc(-c2cccc(C(F)(F)F)n2)n[nH]1.FC(F)(F)c1cccc(Cl)n1. The maximum atomic E-state index is 12.4. The van der Waals surface area contributed by atoms with E-state index in [9.17, 15) is 57.5 Å². The van der Waals surface area contributed by atoms with Crippen molar-refractivity contribution in [3.05, 3.63) is 124 Å². The van der Waals surface area contributed by atoms with Gasteiger partial charge in [0.25, 0.3) is 0 Å². The van der Waals surface area contributed by atoms with Crippen molar-refractivity contribution in [2.75, 3.05) is 0 Å². The molecule has 5 aromatic rings. The number of ketones is 1. The highest BCUT2D eigenvalue weighted by atomic mass is 35.5. The fourth-order valence-electron chi connectivity index (χ4n) is 3.51. The predicted octanol–water partition coefficient (Wildman–Crippen LogP) is 9.43. The summed E-state index contributed by atoms with van der Waals surface area (Å²) in [4.78, 5) is 23.7. The van der Waals surface area contributed by atoms with E-state index in [1.807, 2.05) is 0 Å². The molecular weight excluding hydrogens is 812 g/mol. The van der Waals surface area contributed by atoms with Gasteiger partial charge in [0.05, 0.1) is 5.69 Å². The lowest BCUT2D eigenvalue weighted by Crippen LogP contribution is -2.08. The molecule has 0 aliphatic carbocycles. The zero-order chi connectivity index (χ0) is 43.2. The van der Waals surface area contributed by atoms with Crippen molar-refractivity contribution in [3.63, 3.8) is 0 Å². The summed E-state index contributed by atoms with van der Waals surface area (Å²) >= 11 is 5.24. The molecular formula is C36H25ClF12N6O2. The zero-order valence-electron chi connectivity index (χ0n) is 29.1. The molecule has 0 radical (unpaired) electrons. The number of carbonyl (C=O) groups excluding carboxylic acids is 1. The number of alkyl halides is 12. The minimum Gasteiger partial charge on any atom is -0.381 e. The Morgan fingerprint density at radius 3 is 1.46 bits per heavy atom. The van der Waals surface area contributed by atoms with Crippen LogP contribution in [0.15, 0.2) is 78.9 Å². The van der Waals surface area contributed by atoms with E-state index in [2.05, 4.69) is 53.8 Å². The zero-order valence-corrected chi connectivity index (χ0v) is 29.8. The summed E-state index contributed by atoms with van der Waals surface area (Å²) in [6.07, 6.45) is -18.7. The number of aliphatic hydroxyl groups excluding tert-OH is 1. The fourth-order valence-corrected chi connectivity index (χ4v) is 3.67. The quantitative estimate of drug-likeness (QED) is 0.0982. The number of pyridine rings is 4. The van der Waals surface area contributed by atoms with Crippen LogP contribution in [0.1, 0.15) is 53.7 Å². The summed E-state index contributed by atoms with van der Waals surface area (Å²) in [7, 11) is 0. The summed E-state index contributed by atoms with van der Waals surface area (Å²) in [6, 6.07) is 15.5. The summed E-state index contributed by atoms with van der Waals surface area (Å²) in [5.74, 6) is 8.61. The summed E-state index contributed by atoms with van der Waals surface area (Å²) < 4.78 is 146. The molecule has 302 valence electrons. The topological polar surface area (TPSA) is 118 Å². The van der Waals surface area contributed by atoms with E-state index in [1.165, 1.54) is 62.4 Å². The van der Waals surface area contributed by atoms with Gasteiger partial charge in [-0.1, -0.05) is 41.8 Å². The minimum absolute atomic E-state index is 0.00859. The van der Waals surface area contributed by atoms with E-state index in [-0.39, 0.29) is 22.2 Å². The second-order valence-electron chi connectivity index (χ2n) is 10.7. The van der Waals surface area contributed by atoms with E-state index in [0.29, 0.717) is 5.69 Å². The third-order valence-electron chi connectivity index (χ3n) is 5.87. The van der Waals surface area contributed by atoms with Crippen molar-refractivity contribution >= 4 is 17.4 Å². The number of nitrogens with zero attached hydrogens (tertiary/aromatic N) is 5. The number of halogens is 13. The first-order chi connectivity index (χ1) is 26.3. The van der Waals surface area contributed by atoms with Crippen LogP contribution in [0.4, 0.5) is 52.7 Å². The number of Topliss-reactive ketones (excluding diaryl/α,β-unsaturated/α-hetero) is 1. The Balaban J connectivity index is 0.000000264. The van der Waals surface area contributed by atoms with Crippen molar-refractivity contribution in [3.8, 4) is 35.1 Å². The van der Waals surface area contributed by atoms with Crippen LogP contribution in [0.25, 0.3) is 11.4 Å². The monoisotopic (exact) mass is 836 g/mol. The first kappa shape index (κ1) is 47.2. The lowest BCUT2D eigenvalue weighted by molar-refractivity contribution is -0.142. The van der Waals surface area contributed by atoms with E-state index in [1.54, 1.807) is 13.0 Å². The minimum atomic E-state index is -4.49. The number of aryl methyl sites for hydroxylation is 1. The second-order valence-corrected chi connectivity index (χ2v) is 11.1. The van der Waals surface area contributed by atoms with Crippen LogP contribution in [0.3, 0.4) is 0 Å². The van der Waals surface area contributed by atoms with Gasteiger partial charge in [0.1, 0.15) is 51.1 Å². The van der Waals surface area contributed by atoms with E-state index < -0.39 is 59.4 Å². The van der Waals surface area contributed by atoms with Gasteiger partial charge in [0.2, 0.25) is 5.78 Å². The number of hydrogen-bond acceptors (Lipinski definition) is 7. The van der Waals surface area contributed by atoms with E-state index >= 15 is 0 Å². The van der Waals surface area contributed by atoms with Gasteiger partial charge >= 0.3 is 24.7 Å². The molecule has 5 rings (SSSR count). The normalized spacial score (nSPS) is 11.7. The van der Waals surface area contributed by atoms with Gasteiger partial charge in [0.15, 0.2) is 0 Å². The van der Waals surface area contributed by atoms with Gasteiger partial charge < -0.3 is 5.11 Å². The highest BCUT2D eigenvalue weighted by molar-refractivity contribution is 6.29. The Morgan fingerprint density at radius 1 is 0.649 bits per heavy atom. The molecule has 0 amide bonds. The first-order valence-corrected chi connectivity index (χ1v) is 15.7. The summed E-state index contributed by atoms with van der Waals surface area (Å²) in [5, 5.41) is 15.2. The highest BCUT2D eigenvalue weighted by Crippen LogP contribution is 2.30. The Labute approximate surface area is 320 Å². The highest BCUT2D eigenvalue weighted by Gasteiger charge is 2.34. The number of carbonyl (C=O) groups is 1. The van der Waals surface area contributed by atoms with Gasteiger partial charge in [-0.2, -0.15) is 57.8 Å². The second kappa shape index (κ2) is 20.3. The molecule has 0 fully saturated rings. The molecule has 5 heterocycles. The molecule has 1 unspecified atom stereocenters. The summed E-state index contributed by atoms with van der Waals surface area (Å²) in [5.41, 5.74) is -2.57. The molecule has 0 aliphatic rings. The number of aromatic amines is 1. The van der Waals surface area contributed by atoms with Crippen molar-refractivity contribution < 1.29 is 62.6 Å². The van der Waals surface area contributed by atoms with E-state index in [0.717, 1.165) is 30.0 Å². The first-order valence-electron chi connectivity index (χ1n) is 15.3. The third-order valence-corrected chi connectivity index (χ3v) is 6.08. The van der Waals surface area contributed by atoms with Crippen molar-refractivity contribution in [2.45, 2.75) is 51.6 Å². The number of aliphatic hydroxyl groups is 1. The van der Waals surface area contributed by atoms with Crippen LogP contribution in [0.5, 0.6) is 0 Å². The standard InChI is InChI=1S/C10H8F3N3.C10H8F3NO.C10H6F3NO.C6H3ClF3N/c1-6-5-8(16-15-6)7-3-2-4-9(14-7)10(11,12)13;2*1-7(15)5-6-8-3-2-4-9(14-8)10(11,12)13;7-5-3-1-2-4(11-5)6(8,9)10/h2-5H,1H3,(H,15,16);2-4,7,15H,1H3;2-4H,1H3;1-3H. The summed E-state index contributed by atoms with van der Waals surface area (Å²) in [6.45, 7) is 4.41. The molecule has 21 heteroatoms. The maximum absolute atomic E-state index is 12.4. The molecule has 0 saturated carbocycles. The average molecular weight is 837 g/mol. The molecule has 5 aromatic heterocycles. The van der Waals surface area contributed by atoms with E-state index in [4.69, 9.17) is 16.7 Å². The number of nitrogens with one attached hydrogen (secondary N) is 1. The van der Waals surface area contributed by atoms with Crippen molar-refractivity contribution in [2.24, 2.45) is 0 Å². The molecule has 0 bridgehead atoms. The molecule has 1 atom stereocenters. The van der Waals surface area contributed by atoms with Crippen LogP contribution in [-0.2, 0) is 29.5 Å². The number of rotatable bonds is 1. The third kappa shape index (κ3) is 17.6. The molecule has 0 aliphatic heterocycles. The van der Waals surface area contributed by atoms with Crippen LogP contribution < -0.4 is 0 Å². The fraction of sp³-hybridized carbons (Fsp3) is 0.222. The van der Waals surface area contributed by atoms with Crippen LogP contribution >= 0.6 is 11.6 Å². The number of hydrogen-bond donors (Lipinski definition) is 2. The van der Waals surface area contributed by atoms with Crippen LogP contribution in [0.2, 0.25) is 5.15 Å². The molecule has 2 N–H and O–H groups in total.